The molecule has 0 aliphatic heterocycles. The van der Waals surface area contributed by atoms with E-state index in [4.69, 9.17) is 15.4 Å². The first kappa shape index (κ1) is 16.2. The van der Waals surface area contributed by atoms with Crippen LogP contribution in [-0.2, 0) is 13.8 Å². The Bertz CT molecular complexity index is 269. The van der Waals surface area contributed by atoms with Crippen LogP contribution in [0.1, 0.15) is 26.7 Å². The summed E-state index contributed by atoms with van der Waals surface area (Å²) in [6.07, 6.45) is 1.61. The highest BCUT2D eigenvalue weighted by Crippen LogP contribution is 2.06. The SMILES string of the molecule is CCC(C)N(CCCS(=O)(=O)Cl)CCOC. The third-order valence-electron chi connectivity index (χ3n) is 2.63. The van der Waals surface area contributed by atoms with Crippen LogP contribution in [-0.4, -0.2) is 51.9 Å². The molecule has 0 saturated carbocycles. The lowest BCUT2D eigenvalue weighted by Gasteiger charge is -2.27. The summed E-state index contributed by atoms with van der Waals surface area (Å²) in [5.74, 6) is 0.0362. The van der Waals surface area contributed by atoms with Crippen molar-refractivity contribution in [2.24, 2.45) is 0 Å². The second kappa shape index (κ2) is 8.28. The van der Waals surface area contributed by atoms with Crippen LogP contribution in [0, 0.1) is 0 Å². The Balaban J connectivity index is 4.01. The first-order valence-electron chi connectivity index (χ1n) is 5.56. The predicted molar refractivity (Wildman–Crippen MR) is 67.5 cm³/mol. The molecule has 0 spiro atoms. The molecule has 0 aromatic carbocycles. The van der Waals surface area contributed by atoms with Crippen molar-refractivity contribution in [3.63, 3.8) is 0 Å². The van der Waals surface area contributed by atoms with Crippen LogP contribution in [0.5, 0.6) is 0 Å². The normalized spacial score (nSPS) is 14.3. The van der Waals surface area contributed by atoms with Gasteiger partial charge in [0.1, 0.15) is 0 Å². The number of nitrogens with zero attached hydrogens (tertiary/aromatic N) is 1. The zero-order valence-electron chi connectivity index (χ0n) is 10.3. The Labute approximate surface area is 103 Å². The van der Waals surface area contributed by atoms with Crippen molar-refractivity contribution in [2.75, 3.05) is 32.6 Å². The monoisotopic (exact) mass is 271 g/mol. The Kier molecular flexibility index (Phi) is 8.36. The second-order valence-electron chi connectivity index (χ2n) is 3.88. The second-order valence-corrected chi connectivity index (χ2v) is 6.78. The topological polar surface area (TPSA) is 46.6 Å². The zero-order valence-corrected chi connectivity index (χ0v) is 11.9. The molecule has 4 nitrogen and oxygen atoms in total. The average Bonchev–Trinajstić information content (AvgIpc) is 2.20. The van der Waals surface area contributed by atoms with Crippen LogP contribution >= 0.6 is 10.7 Å². The lowest BCUT2D eigenvalue weighted by molar-refractivity contribution is 0.123. The van der Waals surface area contributed by atoms with Gasteiger partial charge in [-0.25, -0.2) is 8.42 Å². The van der Waals surface area contributed by atoms with E-state index in [1.807, 2.05) is 0 Å². The summed E-state index contributed by atoms with van der Waals surface area (Å²) in [4.78, 5) is 2.23. The number of methoxy groups -OCH3 is 1. The van der Waals surface area contributed by atoms with E-state index in [0.717, 1.165) is 19.5 Å². The third-order valence-corrected chi connectivity index (χ3v) is 3.87. The van der Waals surface area contributed by atoms with E-state index in [2.05, 4.69) is 18.7 Å². The van der Waals surface area contributed by atoms with Crippen molar-refractivity contribution in [3.05, 3.63) is 0 Å². The Morgan fingerprint density at radius 2 is 2.00 bits per heavy atom. The van der Waals surface area contributed by atoms with E-state index < -0.39 is 9.05 Å². The van der Waals surface area contributed by atoms with Gasteiger partial charge in [-0.3, -0.25) is 4.90 Å². The van der Waals surface area contributed by atoms with Gasteiger partial charge in [-0.15, -0.1) is 0 Å². The minimum atomic E-state index is -3.36. The highest BCUT2D eigenvalue weighted by molar-refractivity contribution is 8.13. The molecule has 1 unspecified atom stereocenters. The summed E-state index contributed by atoms with van der Waals surface area (Å²) in [6, 6.07) is 0.438. The fourth-order valence-corrected chi connectivity index (χ4v) is 2.26. The lowest BCUT2D eigenvalue weighted by Crippen LogP contribution is -2.36. The molecule has 98 valence electrons. The minimum absolute atomic E-state index is 0.0362. The highest BCUT2D eigenvalue weighted by Gasteiger charge is 2.13. The van der Waals surface area contributed by atoms with Crippen molar-refractivity contribution < 1.29 is 13.2 Å². The molecule has 0 N–H and O–H groups in total. The molecule has 0 radical (unpaired) electrons. The molecular formula is C10H22ClNO3S. The number of ether oxygens (including phenoxy) is 1. The smallest absolute Gasteiger partial charge is 0.232 e. The van der Waals surface area contributed by atoms with E-state index in [1.165, 1.54) is 0 Å². The molecule has 0 aliphatic carbocycles. The molecule has 0 bridgehead atoms. The van der Waals surface area contributed by atoms with Gasteiger partial charge in [0.15, 0.2) is 0 Å². The zero-order chi connectivity index (χ0) is 12.6. The van der Waals surface area contributed by atoms with Gasteiger partial charge in [-0.05, 0) is 26.3 Å². The molecule has 16 heavy (non-hydrogen) atoms. The van der Waals surface area contributed by atoms with Crippen LogP contribution < -0.4 is 0 Å². The van der Waals surface area contributed by atoms with E-state index in [-0.39, 0.29) is 5.75 Å². The van der Waals surface area contributed by atoms with Gasteiger partial charge in [0.25, 0.3) is 0 Å². The molecular weight excluding hydrogens is 250 g/mol. The van der Waals surface area contributed by atoms with E-state index >= 15 is 0 Å². The Morgan fingerprint density at radius 1 is 1.38 bits per heavy atom. The summed E-state index contributed by atoms with van der Waals surface area (Å²) in [5, 5.41) is 0. The molecule has 0 fully saturated rings. The number of rotatable bonds is 9. The maximum absolute atomic E-state index is 10.8. The molecule has 1 atom stereocenters. The van der Waals surface area contributed by atoms with Crippen molar-refractivity contribution in [1.82, 2.24) is 4.90 Å². The van der Waals surface area contributed by atoms with Gasteiger partial charge in [0, 0.05) is 30.4 Å². The fraction of sp³-hybridized carbons (Fsp3) is 1.00. The van der Waals surface area contributed by atoms with Crippen molar-refractivity contribution in [1.29, 1.82) is 0 Å². The van der Waals surface area contributed by atoms with Crippen LogP contribution in [0.15, 0.2) is 0 Å². The first-order valence-corrected chi connectivity index (χ1v) is 8.04. The Hall–Kier alpha value is 0.160. The highest BCUT2D eigenvalue weighted by atomic mass is 35.7. The maximum atomic E-state index is 10.8. The van der Waals surface area contributed by atoms with Crippen LogP contribution in [0.4, 0.5) is 0 Å². The first-order chi connectivity index (χ1) is 7.40. The molecule has 0 saturated heterocycles. The van der Waals surface area contributed by atoms with Gasteiger partial charge in [0.2, 0.25) is 9.05 Å². The molecule has 0 aromatic rings. The largest absolute Gasteiger partial charge is 0.383 e. The van der Waals surface area contributed by atoms with Gasteiger partial charge in [-0.1, -0.05) is 6.92 Å². The van der Waals surface area contributed by atoms with Gasteiger partial charge in [-0.2, -0.15) is 0 Å². The van der Waals surface area contributed by atoms with Crippen molar-refractivity contribution in [2.45, 2.75) is 32.7 Å². The average molecular weight is 272 g/mol. The molecule has 0 heterocycles. The molecule has 6 heteroatoms. The summed E-state index contributed by atoms with van der Waals surface area (Å²) < 4.78 is 26.6. The number of hydrogen-bond acceptors (Lipinski definition) is 4. The minimum Gasteiger partial charge on any atom is -0.383 e. The number of hydrogen-bond donors (Lipinski definition) is 0. The lowest BCUT2D eigenvalue weighted by atomic mass is 10.2. The van der Waals surface area contributed by atoms with Crippen molar-refractivity contribution in [3.8, 4) is 0 Å². The fourth-order valence-electron chi connectivity index (χ4n) is 1.46. The maximum Gasteiger partial charge on any atom is 0.232 e. The summed E-state index contributed by atoms with van der Waals surface area (Å²) in [6.45, 7) is 6.48. The third kappa shape index (κ3) is 8.33. The predicted octanol–water partition coefficient (Wildman–Crippen LogP) is 1.69. The number of halogens is 1. The van der Waals surface area contributed by atoms with Gasteiger partial charge in [0.05, 0.1) is 12.4 Å². The van der Waals surface area contributed by atoms with Crippen LogP contribution in [0.2, 0.25) is 0 Å². The molecule has 0 aliphatic rings. The van der Waals surface area contributed by atoms with E-state index in [9.17, 15) is 8.42 Å². The van der Waals surface area contributed by atoms with E-state index in [1.54, 1.807) is 7.11 Å². The van der Waals surface area contributed by atoms with Crippen LogP contribution in [0.3, 0.4) is 0 Å². The standard InChI is InChI=1S/C10H22ClNO3S/c1-4-10(2)12(7-8-15-3)6-5-9-16(11,13)14/h10H,4-9H2,1-3H3. The summed E-state index contributed by atoms with van der Waals surface area (Å²) >= 11 is 0. The van der Waals surface area contributed by atoms with Crippen molar-refractivity contribution >= 4 is 19.7 Å². The van der Waals surface area contributed by atoms with Gasteiger partial charge < -0.3 is 4.74 Å². The molecule has 0 amide bonds. The summed E-state index contributed by atoms with van der Waals surface area (Å²) in [7, 11) is 3.47. The van der Waals surface area contributed by atoms with E-state index in [0.29, 0.717) is 19.1 Å². The quantitative estimate of drug-likeness (QED) is 0.599. The molecule has 0 aromatic heterocycles. The Morgan fingerprint density at radius 3 is 2.44 bits per heavy atom. The van der Waals surface area contributed by atoms with Gasteiger partial charge >= 0.3 is 0 Å². The molecule has 0 rings (SSSR count). The summed E-state index contributed by atoms with van der Waals surface area (Å²) in [5.41, 5.74) is 0. The van der Waals surface area contributed by atoms with Crippen LogP contribution in [0.25, 0.3) is 0 Å².